The Labute approximate surface area is 105 Å². The van der Waals surface area contributed by atoms with Crippen molar-refractivity contribution in [2.75, 3.05) is 0 Å². The van der Waals surface area contributed by atoms with Crippen LogP contribution in [0.15, 0.2) is 64.7 Å². The van der Waals surface area contributed by atoms with Crippen molar-refractivity contribution in [2.24, 2.45) is 0 Å². The first-order chi connectivity index (χ1) is 7.86. The van der Waals surface area contributed by atoms with Gasteiger partial charge < -0.3 is 0 Å². The second kappa shape index (κ2) is 5.80. The fourth-order valence-electron chi connectivity index (χ4n) is 1.26. The highest BCUT2D eigenvalue weighted by Gasteiger charge is 2.10. The van der Waals surface area contributed by atoms with Crippen molar-refractivity contribution in [3.8, 4) is 0 Å². The Kier molecular flexibility index (Phi) is 4.10. The highest BCUT2D eigenvalue weighted by Crippen LogP contribution is 2.12. The number of halogens is 2. The lowest BCUT2D eigenvalue weighted by atomic mass is 10.2. The quantitative estimate of drug-likeness (QED) is 0.736. The van der Waals surface area contributed by atoms with E-state index in [-0.39, 0.29) is 27.0 Å². The molecule has 0 heterocycles. The number of rotatable bonds is 3. The molecule has 0 radical (unpaired) electrons. The van der Waals surface area contributed by atoms with Gasteiger partial charge >= 0.3 is 21.2 Å². The summed E-state index contributed by atoms with van der Waals surface area (Å²) in [5.41, 5.74) is 0.665. The second-order valence-corrected chi connectivity index (χ2v) is 5.72. The van der Waals surface area contributed by atoms with E-state index in [1.165, 1.54) is 3.57 Å². The molecule has 0 fully saturated rings. The predicted molar refractivity (Wildman–Crippen MR) is 60.7 cm³/mol. The lowest BCUT2D eigenvalue weighted by molar-refractivity contribution is -0.556. The fourth-order valence-corrected chi connectivity index (χ4v) is 3.08. The summed E-state index contributed by atoms with van der Waals surface area (Å²) < 4.78 is 16.7. The van der Waals surface area contributed by atoms with Crippen LogP contribution in [0.1, 0.15) is 5.56 Å². The summed E-state index contributed by atoms with van der Waals surface area (Å²) in [6, 6.07) is 19.2. The highest BCUT2D eigenvalue weighted by molar-refractivity contribution is 5.57. The largest absolute Gasteiger partial charge is 0.352 e. The van der Waals surface area contributed by atoms with Crippen molar-refractivity contribution >= 4 is 5.83 Å². The molecule has 2 aromatic carbocycles. The molecule has 0 saturated heterocycles. The van der Waals surface area contributed by atoms with Gasteiger partial charge in [-0.05, 0) is 12.1 Å². The summed E-state index contributed by atoms with van der Waals surface area (Å²) >= 11 is -0.376. The van der Waals surface area contributed by atoms with E-state index in [2.05, 4.69) is 0 Å². The molecule has 0 amide bonds. The summed E-state index contributed by atoms with van der Waals surface area (Å²) in [5.74, 6) is -0.114. The van der Waals surface area contributed by atoms with Crippen LogP contribution in [0.25, 0.3) is 5.83 Å². The van der Waals surface area contributed by atoms with E-state index in [4.69, 9.17) is 0 Å². The molecular formula is C14H11FI+. The number of hydrogen-bond donors (Lipinski definition) is 0. The van der Waals surface area contributed by atoms with E-state index >= 15 is 0 Å². The van der Waals surface area contributed by atoms with Crippen LogP contribution in [-0.4, -0.2) is 0 Å². The Hall–Kier alpha value is -1.16. The molecule has 2 aromatic rings. The third kappa shape index (κ3) is 3.17. The van der Waals surface area contributed by atoms with Crippen molar-refractivity contribution in [3.05, 3.63) is 73.9 Å². The average Bonchev–Trinajstić information content (AvgIpc) is 2.38. The van der Waals surface area contributed by atoms with Gasteiger partial charge in [-0.2, -0.15) is 0 Å². The molecule has 0 nitrogen and oxygen atoms in total. The first-order valence-corrected chi connectivity index (χ1v) is 7.28. The van der Waals surface area contributed by atoms with Crippen LogP contribution < -0.4 is 21.2 Å². The molecule has 2 rings (SSSR count). The maximum atomic E-state index is 13.7. The molecule has 0 bridgehead atoms. The van der Waals surface area contributed by atoms with E-state index in [1.54, 1.807) is 16.2 Å². The van der Waals surface area contributed by atoms with Crippen LogP contribution in [0, 0.1) is 3.57 Å². The average molecular weight is 325 g/mol. The molecule has 0 aliphatic heterocycles. The Morgan fingerprint density at radius 2 is 1.44 bits per heavy atom. The van der Waals surface area contributed by atoms with Crippen molar-refractivity contribution in [1.82, 2.24) is 0 Å². The van der Waals surface area contributed by atoms with E-state index in [1.807, 2.05) is 48.5 Å². The summed E-state index contributed by atoms with van der Waals surface area (Å²) in [4.78, 5) is 0. The van der Waals surface area contributed by atoms with Crippen molar-refractivity contribution in [2.45, 2.75) is 0 Å². The van der Waals surface area contributed by atoms with Crippen molar-refractivity contribution in [1.29, 1.82) is 0 Å². The molecule has 0 N–H and O–H groups in total. The van der Waals surface area contributed by atoms with Gasteiger partial charge in [0.15, 0.2) is 13.5 Å². The van der Waals surface area contributed by atoms with Crippen LogP contribution in [0.2, 0.25) is 0 Å². The predicted octanol–water partition coefficient (Wildman–Crippen LogP) is 0.913. The van der Waals surface area contributed by atoms with Gasteiger partial charge in [-0.25, -0.2) is 4.39 Å². The molecule has 0 saturated carbocycles. The zero-order valence-electron chi connectivity index (χ0n) is 8.61. The third-order valence-electron chi connectivity index (χ3n) is 2.06. The van der Waals surface area contributed by atoms with Crippen LogP contribution in [0.3, 0.4) is 0 Å². The standard InChI is InChI=1S/C14H11FI/c15-14(12-7-3-1-4-8-12)11-16-13-9-5-2-6-10-13/h1-11H/q+1/b14-11-. The lowest BCUT2D eigenvalue weighted by Crippen LogP contribution is -3.59. The summed E-state index contributed by atoms with van der Waals surface area (Å²) in [7, 11) is 0. The zero-order valence-corrected chi connectivity index (χ0v) is 10.8. The Morgan fingerprint density at radius 1 is 0.875 bits per heavy atom. The number of hydrogen-bond acceptors (Lipinski definition) is 0. The molecule has 0 spiro atoms. The summed E-state index contributed by atoms with van der Waals surface area (Å²) in [6.07, 6.45) is 0. The maximum absolute atomic E-state index is 13.7. The van der Waals surface area contributed by atoms with Crippen molar-refractivity contribution in [3.63, 3.8) is 0 Å². The topological polar surface area (TPSA) is 0 Å². The van der Waals surface area contributed by atoms with E-state index in [0.717, 1.165) is 0 Å². The first kappa shape index (κ1) is 11.3. The Bertz CT molecular complexity index is 463. The first-order valence-electron chi connectivity index (χ1n) is 4.96. The van der Waals surface area contributed by atoms with Crippen LogP contribution in [0.4, 0.5) is 4.39 Å². The zero-order chi connectivity index (χ0) is 11.2. The smallest absolute Gasteiger partial charge is 0.202 e. The van der Waals surface area contributed by atoms with E-state index in [0.29, 0.717) is 5.56 Å². The van der Waals surface area contributed by atoms with Gasteiger partial charge in [-0.15, -0.1) is 0 Å². The van der Waals surface area contributed by atoms with Gasteiger partial charge in [-0.1, -0.05) is 48.5 Å². The molecule has 16 heavy (non-hydrogen) atoms. The third-order valence-corrected chi connectivity index (χ3v) is 4.36. The van der Waals surface area contributed by atoms with Gasteiger partial charge in [0.2, 0.25) is 0 Å². The van der Waals surface area contributed by atoms with E-state index < -0.39 is 0 Å². The Morgan fingerprint density at radius 3 is 2.06 bits per heavy atom. The minimum atomic E-state index is -0.376. The van der Waals surface area contributed by atoms with Crippen molar-refractivity contribution < 1.29 is 25.6 Å². The SMILES string of the molecule is F/C(=C\[I+]c1ccccc1)c1ccccc1. The van der Waals surface area contributed by atoms with Crippen LogP contribution in [0.5, 0.6) is 0 Å². The van der Waals surface area contributed by atoms with Gasteiger partial charge in [0.25, 0.3) is 0 Å². The van der Waals surface area contributed by atoms with Crippen LogP contribution in [-0.2, 0) is 0 Å². The Balaban J connectivity index is 2.09. The van der Waals surface area contributed by atoms with Crippen LogP contribution >= 0.6 is 0 Å². The maximum Gasteiger partial charge on any atom is 0.352 e. The normalized spacial score (nSPS) is 11.4. The van der Waals surface area contributed by atoms with E-state index in [9.17, 15) is 4.39 Å². The van der Waals surface area contributed by atoms with Gasteiger partial charge in [0, 0.05) is 5.56 Å². The summed E-state index contributed by atoms with van der Waals surface area (Å²) in [5, 5.41) is 0. The molecule has 0 aromatic heterocycles. The molecule has 0 aliphatic rings. The minimum Gasteiger partial charge on any atom is -0.202 e. The molecule has 0 aliphatic carbocycles. The second-order valence-electron chi connectivity index (χ2n) is 3.23. The molecular weight excluding hydrogens is 314 g/mol. The lowest BCUT2D eigenvalue weighted by Gasteiger charge is -1.91. The summed E-state index contributed by atoms with van der Waals surface area (Å²) in [6.45, 7) is 0. The van der Waals surface area contributed by atoms with Gasteiger partial charge in [0.05, 0.1) is 0 Å². The highest BCUT2D eigenvalue weighted by atomic mass is 127. The van der Waals surface area contributed by atoms with Gasteiger partial charge in [-0.3, -0.25) is 0 Å². The van der Waals surface area contributed by atoms with Gasteiger partial charge in [0.1, 0.15) is 0 Å². The number of benzene rings is 2. The molecule has 80 valence electrons. The molecule has 0 atom stereocenters. The molecule has 2 heteroatoms. The minimum absolute atomic E-state index is 0.114. The monoisotopic (exact) mass is 325 g/mol. The fraction of sp³-hybridized carbons (Fsp3) is 0. The molecule has 0 unspecified atom stereocenters.